The second-order valence-corrected chi connectivity index (χ2v) is 3.10. The van der Waals surface area contributed by atoms with Gasteiger partial charge in [-0.1, -0.05) is 19.4 Å². The highest BCUT2D eigenvalue weighted by molar-refractivity contribution is 5.91. The first-order valence-electron chi connectivity index (χ1n) is 4.92. The summed E-state index contributed by atoms with van der Waals surface area (Å²) in [5.74, 6) is -1.58. The first-order chi connectivity index (χ1) is 7.11. The molecule has 86 valence electrons. The van der Waals surface area contributed by atoms with Crippen LogP contribution in [0.4, 0.5) is 0 Å². The lowest BCUT2D eigenvalue weighted by atomic mass is 10.2. The molecule has 1 atom stereocenters. The molecule has 0 fully saturated rings. The number of carboxylic acid groups (broad SMARTS) is 1. The summed E-state index contributed by atoms with van der Waals surface area (Å²) in [6.45, 7) is 1.71. The highest BCUT2D eigenvalue weighted by Gasteiger charge is 2.17. The van der Waals surface area contributed by atoms with E-state index in [2.05, 4.69) is 5.32 Å². The van der Waals surface area contributed by atoms with Gasteiger partial charge in [-0.15, -0.1) is 0 Å². The predicted octanol–water partition coefficient (Wildman–Crippen LogP) is 0.294. The van der Waals surface area contributed by atoms with Crippen LogP contribution in [0.1, 0.15) is 26.2 Å². The minimum absolute atomic E-state index is 0.0166. The number of carbonyl (C=O) groups is 2. The molecule has 0 radical (unpaired) electrons. The molecule has 5 nitrogen and oxygen atoms in total. The van der Waals surface area contributed by atoms with Gasteiger partial charge in [0.1, 0.15) is 6.04 Å². The zero-order valence-electron chi connectivity index (χ0n) is 8.77. The number of aliphatic hydroxyl groups is 1. The van der Waals surface area contributed by atoms with Gasteiger partial charge in [-0.3, -0.25) is 4.79 Å². The average molecular weight is 215 g/mol. The van der Waals surface area contributed by atoms with Crippen molar-refractivity contribution >= 4 is 11.9 Å². The quantitative estimate of drug-likeness (QED) is 0.533. The Morgan fingerprint density at radius 1 is 1.47 bits per heavy atom. The molecule has 0 aliphatic heterocycles. The SMILES string of the molecule is CCC/C=C/C(=O)N[C@@H](CCO)C(=O)O. The highest BCUT2D eigenvalue weighted by atomic mass is 16.4. The van der Waals surface area contributed by atoms with Gasteiger partial charge < -0.3 is 15.5 Å². The molecule has 0 spiro atoms. The Hall–Kier alpha value is -1.36. The van der Waals surface area contributed by atoms with E-state index in [0.29, 0.717) is 0 Å². The van der Waals surface area contributed by atoms with Crippen molar-refractivity contribution in [1.29, 1.82) is 0 Å². The third-order valence-corrected chi connectivity index (χ3v) is 1.76. The van der Waals surface area contributed by atoms with Gasteiger partial charge >= 0.3 is 5.97 Å². The van der Waals surface area contributed by atoms with Gasteiger partial charge in [0, 0.05) is 13.0 Å². The largest absolute Gasteiger partial charge is 0.480 e. The smallest absolute Gasteiger partial charge is 0.326 e. The van der Waals surface area contributed by atoms with Gasteiger partial charge in [-0.2, -0.15) is 0 Å². The maximum atomic E-state index is 11.2. The molecule has 1 amide bonds. The zero-order chi connectivity index (χ0) is 11.7. The maximum Gasteiger partial charge on any atom is 0.326 e. The number of carboxylic acids is 1. The number of amides is 1. The van der Waals surface area contributed by atoms with Crippen LogP contribution in [-0.2, 0) is 9.59 Å². The molecule has 15 heavy (non-hydrogen) atoms. The van der Waals surface area contributed by atoms with Crippen LogP contribution in [-0.4, -0.2) is 34.7 Å². The van der Waals surface area contributed by atoms with E-state index in [9.17, 15) is 9.59 Å². The molecule has 0 bridgehead atoms. The molecule has 0 aliphatic rings. The van der Waals surface area contributed by atoms with Gasteiger partial charge in [0.2, 0.25) is 5.91 Å². The molecule has 0 aromatic carbocycles. The summed E-state index contributed by atoms with van der Waals surface area (Å²) in [5.41, 5.74) is 0. The van der Waals surface area contributed by atoms with Crippen molar-refractivity contribution in [3.05, 3.63) is 12.2 Å². The molecular weight excluding hydrogens is 198 g/mol. The number of aliphatic hydroxyl groups excluding tert-OH is 1. The van der Waals surface area contributed by atoms with E-state index in [0.717, 1.165) is 12.8 Å². The molecule has 3 N–H and O–H groups in total. The number of allylic oxidation sites excluding steroid dienone is 1. The number of unbranched alkanes of at least 4 members (excludes halogenated alkanes) is 1. The summed E-state index contributed by atoms with van der Waals surface area (Å²) < 4.78 is 0. The molecule has 0 unspecified atom stereocenters. The van der Waals surface area contributed by atoms with Gasteiger partial charge in [0.05, 0.1) is 0 Å². The van der Waals surface area contributed by atoms with E-state index < -0.39 is 17.9 Å². The normalized spacial score (nSPS) is 12.7. The zero-order valence-corrected chi connectivity index (χ0v) is 8.77. The van der Waals surface area contributed by atoms with Crippen LogP contribution in [0.2, 0.25) is 0 Å². The third kappa shape index (κ3) is 6.68. The Kier molecular flexibility index (Phi) is 7.27. The van der Waals surface area contributed by atoms with Gasteiger partial charge in [-0.25, -0.2) is 4.79 Å². The summed E-state index contributed by atoms with van der Waals surface area (Å²) in [5, 5.41) is 19.5. The summed E-state index contributed by atoms with van der Waals surface area (Å²) >= 11 is 0. The fourth-order valence-electron chi connectivity index (χ4n) is 0.963. The van der Waals surface area contributed by atoms with Crippen molar-refractivity contribution < 1.29 is 19.8 Å². The first kappa shape index (κ1) is 13.6. The van der Waals surface area contributed by atoms with Crippen molar-refractivity contribution in [3.8, 4) is 0 Å². The van der Waals surface area contributed by atoms with Crippen molar-refractivity contribution in [2.75, 3.05) is 6.61 Å². The molecule has 0 saturated carbocycles. The number of aliphatic carboxylic acids is 1. The summed E-state index contributed by atoms with van der Waals surface area (Å²) in [6.07, 6.45) is 4.74. The standard InChI is InChI=1S/C10H17NO4/c1-2-3-4-5-9(13)11-8(6-7-12)10(14)15/h4-5,8,12H,2-3,6-7H2,1H3,(H,11,13)(H,14,15)/b5-4+/t8-/m0/s1. The molecule has 0 rings (SSSR count). The Labute approximate surface area is 88.8 Å². The Morgan fingerprint density at radius 2 is 2.13 bits per heavy atom. The summed E-state index contributed by atoms with van der Waals surface area (Å²) in [6, 6.07) is -1.02. The molecule has 0 aliphatic carbocycles. The molecule has 0 heterocycles. The molecule has 0 saturated heterocycles. The highest BCUT2D eigenvalue weighted by Crippen LogP contribution is 1.93. The fourth-order valence-corrected chi connectivity index (χ4v) is 0.963. The van der Waals surface area contributed by atoms with Crippen LogP contribution < -0.4 is 5.32 Å². The number of hydrogen-bond acceptors (Lipinski definition) is 3. The van der Waals surface area contributed by atoms with E-state index in [1.807, 2.05) is 6.92 Å². The predicted molar refractivity (Wildman–Crippen MR) is 55.3 cm³/mol. The van der Waals surface area contributed by atoms with Crippen LogP contribution in [0.5, 0.6) is 0 Å². The minimum atomic E-state index is -1.14. The van der Waals surface area contributed by atoms with Gasteiger partial charge in [0.25, 0.3) is 0 Å². The van der Waals surface area contributed by atoms with Gasteiger partial charge in [-0.05, 0) is 12.5 Å². The van der Waals surface area contributed by atoms with E-state index in [-0.39, 0.29) is 13.0 Å². The van der Waals surface area contributed by atoms with Gasteiger partial charge in [0.15, 0.2) is 0 Å². The second kappa shape index (κ2) is 7.99. The topological polar surface area (TPSA) is 86.6 Å². The molecule has 0 aromatic heterocycles. The number of nitrogens with one attached hydrogen (secondary N) is 1. The Bertz CT molecular complexity index is 238. The van der Waals surface area contributed by atoms with Crippen molar-refractivity contribution in [2.24, 2.45) is 0 Å². The lowest BCUT2D eigenvalue weighted by molar-refractivity contribution is -0.141. The monoisotopic (exact) mass is 215 g/mol. The molecular formula is C10H17NO4. The van der Waals surface area contributed by atoms with E-state index in [1.165, 1.54) is 6.08 Å². The third-order valence-electron chi connectivity index (χ3n) is 1.76. The summed E-state index contributed by atoms with van der Waals surface area (Å²) in [7, 11) is 0. The molecule has 0 aromatic rings. The van der Waals surface area contributed by atoms with E-state index in [4.69, 9.17) is 10.2 Å². The van der Waals surface area contributed by atoms with E-state index in [1.54, 1.807) is 6.08 Å². The van der Waals surface area contributed by atoms with Crippen LogP contribution in [0, 0.1) is 0 Å². The fraction of sp³-hybridized carbons (Fsp3) is 0.600. The number of rotatable bonds is 7. The van der Waals surface area contributed by atoms with Crippen LogP contribution in [0.15, 0.2) is 12.2 Å². The minimum Gasteiger partial charge on any atom is -0.480 e. The van der Waals surface area contributed by atoms with Crippen LogP contribution in [0.3, 0.4) is 0 Å². The van der Waals surface area contributed by atoms with Crippen molar-refractivity contribution in [1.82, 2.24) is 5.32 Å². The average Bonchev–Trinajstić information content (AvgIpc) is 2.17. The summed E-state index contributed by atoms with van der Waals surface area (Å²) in [4.78, 5) is 21.8. The maximum absolute atomic E-state index is 11.2. The number of hydrogen-bond donors (Lipinski definition) is 3. The van der Waals surface area contributed by atoms with Crippen LogP contribution >= 0.6 is 0 Å². The van der Waals surface area contributed by atoms with Crippen molar-refractivity contribution in [2.45, 2.75) is 32.2 Å². The first-order valence-corrected chi connectivity index (χ1v) is 4.92. The Morgan fingerprint density at radius 3 is 2.60 bits per heavy atom. The Balaban J connectivity index is 4.05. The van der Waals surface area contributed by atoms with Crippen LogP contribution in [0.25, 0.3) is 0 Å². The lowest BCUT2D eigenvalue weighted by Gasteiger charge is -2.11. The molecule has 5 heteroatoms. The van der Waals surface area contributed by atoms with Crippen molar-refractivity contribution in [3.63, 3.8) is 0 Å². The van der Waals surface area contributed by atoms with E-state index >= 15 is 0 Å². The lowest BCUT2D eigenvalue weighted by Crippen LogP contribution is -2.40. The number of carbonyl (C=O) groups excluding carboxylic acids is 1. The second-order valence-electron chi connectivity index (χ2n) is 3.10.